The Balaban J connectivity index is 1.49. The van der Waals surface area contributed by atoms with Crippen LogP contribution in [0.3, 0.4) is 0 Å². The number of alkyl halides is 1. The van der Waals surface area contributed by atoms with E-state index in [1.807, 2.05) is 12.1 Å². The van der Waals surface area contributed by atoms with E-state index in [1.54, 1.807) is 0 Å². The summed E-state index contributed by atoms with van der Waals surface area (Å²) < 4.78 is 0. The first-order valence-corrected chi connectivity index (χ1v) is 14.1. The molecule has 0 spiro atoms. The molecule has 0 atom stereocenters. The first kappa shape index (κ1) is 25.9. The van der Waals surface area contributed by atoms with Crippen molar-refractivity contribution in [1.29, 1.82) is 0 Å². The Morgan fingerprint density at radius 3 is 1.10 bits per heavy atom. The topological polar surface area (TPSA) is 0 Å². The Labute approximate surface area is 242 Å². The van der Waals surface area contributed by atoms with Crippen LogP contribution in [0.1, 0.15) is 40.3 Å². The van der Waals surface area contributed by atoms with Crippen LogP contribution in [0.4, 0.5) is 0 Å². The average Bonchev–Trinajstić information content (AvgIpc) is 3.06. The molecule has 40 heavy (non-hydrogen) atoms. The van der Waals surface area contributed by atoms with Crippen molar-refractivity contribution in [1.82, 2.24) is 0 Å². The molecule has 194 valence electrons. The summed E-state index contributed by atoms with van der Waals surface area (Å²) in [6, 6.07) is 59.9. The van der Waals surface area contributed by atoms with E-state index in [0.29, 0.717) is 0 Å². The van der Waals surface area contributed by atoms with Gasteiger partial charge in [0.05, 0.1) is 0 Å². The number of hydrogen-bond acceptors (Lipinski definition) is 0. The minimum Gasteiger partial charge on any atom is -0.104 e. The third-order valence-electron chi connectivity index (χ3n) is 8.08. The van der Waals surface area contributed by atoms with E-state index in [-0.39, 0.29) is 5.41 Å². The molecule has 0 bridgehead atoms. The Kier molecular flexibility index (Phi) is 7.11. The molecule has 1 heteroatoms. The quantitative estimate of drug-likeness (QED) is 0.141. The maximum atomic E-state index is 7.64. The smallest absolute Gasteiger partial charge is 0.104 e. The van der Waals surface area contributed by atoms with E-state index >= 15 is 0 Å². The van der Waals surface area contributed by atoms with Crippen molar-refractivity contribution >= 4 is 11.6 Å². The van der Waals surface area contributed by atoms with Crippen molar-refractivity contribution in [3.8, 4) is 11.1 Å². The second kappa shape index (κ2) is 11.0. The fourth-order valence-corrected chi connectivity index (χ4v) is 6.17. The van der Waals surface area contributed by atoms with Crippen LogP contribution in [0.2, 0.25) is 0 Å². The van der Waals surface area contributed by atoms with Crippen molar-refractivity contribution in [2.45, 2.75) is 17.2 Å². The molecule has 0 aliphatic rings. The van der Waals surface area contributed by atoms with Crippen LogP contribution >= 0.6 is 11.6 Å². The third-order valence-corrected chi connectivity index (χ3v) is 8.73. The van der Waals surface area contributed by atoms with Gasteiger partial charge in [-0.1, -0.05) is 158 Å². The summed E-state index contributed by atoms with van der Waals surface area (Å²) in [4.78, 5) is -0.807. The SMILES string of the molecule is CC(c1ccccc1)(c1ccccc1)c1cccc(-c2cccc(C(Cl)(c3ccccc3)c3ccccc3)c2)c1. The Hall–Kier alpha value is -4.39. The van der Waals surface area contributed by atoms with Gasteiger partial charge < -0.3 is 0 Å². The standard InChI is InChI=1S/C39H31Cl/c1-38(32-18-6-2-7-19-32,33-20-8-3-9-21-33)36-26-14-16-30(28-36)31-17-15-27-37(29-31)39(40,34-22-10-4-11-23-34)35-24-12-5-13-25-35/h2-29H,1H3. The van der Waals surface area contributed by atoms with Crippen molar-refractivity contribution in [3.05, 3.63) is 203 Å². The molecule has 0 heterocycles. The lowest BCUT2D eigenvalue weighted by molar-refractivity contribution is 0.693. The minimum absolute atomic E-state index is 0.305. The van der Waals surface area contributed by atoms with Gasteiger partial charge in [0.1, 0.15) is 4.87 Å². The third kappa shape index (κ3) is 4.66. The highest BCUT2D eigenvalue weighted by molar-refractivity contribution is 6.28. The molecule has 6 aromatic rings. The number of hydrogen-bond donors (Lipinski definition) is 0. The Morgan fingerprint density at radius 2 is 0.675 bits per heavy atom. The van der Waals surface area contributed by atoms with Crippen LogP contribution in [0.5, 0.6) is 0 Å². The number of halogens is 1. The first-order valence-electron chi connectivity index (χ1n) is 13.7. The van der Waals surface area contributed by atoms with E-state index in [2.05, 4.69) is 165 Å². The molecular weight excluding hydrogens is 504 g/mol. The van der Waals surface area contributed by atoms with Crippen LogP contribution in [0, 0.1) is 0 Å². The summed E-state index contributed by atoms with van der Waals surface area (Å²) in [5.74, 6) is 0. The van der Waals surface area contributed by atoms with Gasteiger partial charge in [-0.2, -0.15) is 0 Å². The van der Waals surface area contributed by atoms with Gasteiger partial charge in [-0.25, -0.2) is 0 Å². The van der Waals surface area contributed by atoms with Gasteiger partial charge in [-0.05, 0) is 63.6 Å². The number of rotatable bonds is 7. The maximum Gasteiger partial charge on any atom is 0.119 e. The molecule has 0 aliphatic heterocycles. The van der Waals surface area contributed by atoms with E-state index < -0.39 is 4.87 Å². The molecule has 0 aliphatic carbocycles. The predicted octanol–water partition coefficient (Wildman–Crippen LogP) is 10.2. The Bertz CT molecular complexity index is 1480. The van der Waals surface area contributed by atoms with Gasteiger partial charge >= 0.3 is 0 Å². The van der Waals surface area contributed by atoms with E-state index in [1.165, 1.54) is 16.7 Å². The van der Waals surface area contributed by atoms with Gasteiger partial charge in [0.15, 0.2) is 0 Å². The summed E-state index contributed by atoms with van der Waals surface area (Å²) in [6.07, 6.45) is 0. The van der Waals surface area contributed by atoms with Crippen LogP contribution < -0.4 is 0 Å². The van der Waals surface area contributed by atoms with Gasteiger partial charge in [0, 0.05) is 5.41 Å². The highest BCUT2D eigenvalue weighted by Crippen LogP contribution is 2.45. The summed E-state index contributed by atoms with van der Waals surface area (Å²) in [5, 5.41) is 0. The molecule has 0 nitrogen and oxygen atoms in total. The van der Waals surface area contributed by atoms with Gasteiger partial charge in [-0.15, -0.1) is 11.6 Å². The molecule has 6 aromatic carbocycles. The van der Waals surface area contributed by atoms with Crippen molar-refractivity contribution in [2.75, 3.05) is 0 Å². The molecule has 6 rings (SSSR count). The monoisotopic (exact) mass is 534 g/mol. The lowest BCUT2D eigenvalue weighted by Gasteiger charge is -2.32. The molecule has 0 radical (unpaired) electrons. The molecule has 0 fully saturated rings. The summed E-state index contributed by atoms with van der Waals surface area (Å²) in [7, 11) is 0. The van der Waals surface area contributed by atoms with Crippen molar-refractivity contribution in [2.24, 2.45) is 0 Å². The lowest BCUT2D eigenvalue weighted by Crippen LogP contribution is -2.25. The number of benzene rings is 6. The first-order chi connectivity index (χ1) is 19.6. The van der Waals surface area contributed by atoms with Crippen LogP contribution in [0.15, 0.2) is 170 Å². The zero-order chi connectivity index (χ0) is 27.4. The fraction of sp³-hybridized carbons (Fsp3) is 0.0769. The van der Waals surface area contributed by atoms with E-state index in [4.69, 9.17) is 11.6 Å². The second-order valence-corrected chi connectivity index (χ2v) is 11.0. The fourth-order valence-electron chi connectivity index (χ4n) is 5.80. The molecular formula is C39H31Cl. The molecule has 0 saturated carbocycles. The largest absolute Gasteiger partial charge is 0.119 e. The Morgan fingerprint density at radius 1 is 0.350 bits per heavy atom. The van der Waals surface area contributed by atoms with Crippen LogP contribution in [-0.2, 0) is 10.3 Å². The zero-order valence-electron chi connectivity index (χ0n) is 22.5. The van der Waals surface area contributed by atoms with Crippen molar-refractivity contribution in [3.63, 3.8) is 0 Å². The molecule has 0 unspecified atom stereocenters. The second-order valence-electron chi connectivity index (χ2n) is 10.4. The van der Waals surface area contributed by atoms with Crippen LogP contribution in [0.25, 0.3) is 11.1 Å². The van der Waals surface area contributed by atoms with Gasteiger partial charge in [0.2, 0.25) is 0 Å². The van der Waals surface area contributed by atoms with E-state index in [9.17, 15) is 0 Å². The zero-order valence-corrected chi connectivity index (χ0v) is 23.3. The average molecular weight is 535 g/mol. The summed E-state index contributed by atoms with van der Waals surface area (Å²) >= 11 is 7.64. The van der Waals surface area contributed by atoms with Gasteiger partial charge in [0.25, 0.3) is 0 Å². The highest BCUT2D eigenvalue weighted by atomic mass is 35.5. The van der Waals surface area contributed by atoms with Crippen molar-refractivity contribution < 1.29 is 0 Å². The highest BCUT2D eigenvalue weighted by Gasteiger charge is 2.34. The maximum absolute atomic E-state index is 7.64. The minimum atomic E-state index is -0.807. The normalized spacial score (nSPS) is 11.8. The molecule has 0 N–H and O–H groups in total. The van der Waals surface area contributed by atoms with E-state index in [0.717, 1.165) is 27.8 Å². The molecule has 0 amide bonds. The lowest BCUT2D eigenvalue weighted by atomic mass is 9.70. The summed E-state index contributed by atoms with van der Waals surface area (Å²) in [6.45, 7) is 2.32. The summed E-state index contributed by atoms with van der Waals surface area (Å²) in [5.41, 5.74) is 8.92. The van der Waals surface area contributed by atoms with Gasteiger partial charge in [-0.3, -0.25) is 0 Å². The molecule has 0 aromatic heterocycles. The van der Waals surface area contributed by atoms with Crippen LogP contribution in [-0.4, -0.2) is 0 Å². The molecule has 0 saturated heterocycles. The predicted molar refractivity (Wildman–Crippen MR) is 169 cm³/mol.